The van der Waals surface area contributed by atoms with Gasteiger partial charge in [-0.25, -0.2) is 0 Å². The van der Waals surface area contributed by atoms with Crippen LogP contribution in [0.3, 0.4) is 0 Å². The molecular formula is C12H22N2O2. The van der Waals surface area contributed by atoms with Gasteiger partial charge in [-0.2, -0.15) is 0 Å². The first-order chi connectivity index (χ1) is 7.70. The Morgan fingerprint density at radius 3 is 2.44 bits per heavy atom. The largest absolute Gasteiger partial charge is 0.378 e. The van der Waals surface area contributed by atoms with E-state index in [1.807, 2.05) is 4.90 Å². The number of nitrogens with two attached hydrogens (primary N) is 1. The number of nitrogens with zero attached hydrogens (tertiary/aromatic N) is 1. The fraction of sp³-hybridized carbons (Fsp3) is 0.917. The van der Waals surface area contributed by atoms with Gasteiger partial charge in [-0.05, 0) is 12.8 Å². The quantitative estimate of drug-likeness (QED) is 0.761. The van der Waals surface area contributed by atoms with Gasteiger partial charge in [-0.1, -0.05) is 19.3 Å². The van der Waals surface area contributed by atoms with Crippen LogP contribution in [-0.2, 0) is 9.53 Å². The molecule has 2 rings (SSSR count). The average molecular weight is 226 g/mol. The molecule has 0 bridgehead atoms. The average Bonchev–Trinajstić information content (AvgIpc) is 2.30. The van der Waals surface area contributed by atoms with E-state index in [0.29, 0.717) is 19.6 Å². The van der Waals surface area contributed by atoms with Gasteiger partial charge in [-0.15, -0.1) is 0 Å². The van der Waals surface area contributed by atoms with Gasteiger partial charge >= 0.3 is 0 Å². The van der Waals surface area contributed by atoms with Gasteiger partial charge in [0.1, 0.15) is 0 Å². The van der Waals surface area contributed by atoms with Crippen LogP contribution in [0.5, 0.6) is 0 Å². The highest BCUT2D eigenvalue weighted by Crippen LogP contribution is 2.29. The van der Waals surface area contributed by atoms with E-state index in [0.717, 1.165) is 25.9 Å². The number of carbonyl (C=O) groups excluding carboxylic acids is 1. The molecule has 1 saturated heterocycles. The molecule has 1 aliphatic carbocycles. The maximum absolute atomic E-state index is 12.1. The minimum Gasteiger partial charge on any atom is -0.378 e. The normalized spacial score (nSPS) is 25.4. The first-order valence-electron chi connectivity index (χ1n) is 6.34. The van der Waals surface area contributed by atoms with Crippen molar-refractivity contribution in [2.75, 3.05) is 26.3 Å². The summed E-state index contributed by atoms with van der Waals surface area (Å²) in [5.74, 6) is 0.215. The fourth-order valence-corrected chi connectivity index (χ4v) is 2.66. The summed E-state index contributed by atoms with van der Waals surface area (Å²) in [4.78, 5) is 14.0. The van der Waals surface area contributed by atoms with Crippen molar-refractivity contribution in [2.45, 2.75) is 44.1 Å². The number of morpholine rings is 1. The molecule has 1 amide bonds. The lowest BCUT2D eigenvalue weighted by Crippen LogP contribution is -2.49. The molecule has 16 heavy (non-hydrogen) atoms. The molecule has 0 unspecified atom stereocenters. The summed E-state index contributed by atoms with van der Waals surface area (Å²) in [7, 11) is 0. The highest BCUT2D eigenvalue weighted by molar-refractivity contribution is 5.77. The predicted octanol–water partition coefficient (Wildman–Crippen LogP) is 0.897. The molecule has 0 spiro atoms. The Hall–Kier alpha value is -0.610. The molecule has 0 atom stereocenters. The third-order valence-electron chi connectivity index (χ3n) is 3.72. The standard InChI is InChI=1S/C12H22N2O2/c13-12(4-2-1-3-5-12)10-11(15)14-6-8-16-9-7-14/h1-10,13H2. The minimum absolute atomic E-state index is 0.215. The van der Waals surface area contributed by atoms with E-state index >= 15 is 0 Å². The summed E-state index contributed by atoms with van der Waals surface area (Å²) in [5, 5.41) is 0. The highest BCUT2D eigenvalue weighted by atomic mass is 16.5. The van der Waals surface area contributed by atoms with Crippen molar-refractivity contribution >= 4 is 5.91 Å². The maximum Gasteiger partial charge on any atom is 0.224 e. The smallest absolute Gasteiger partial charge is 0.224 e. The molecular weight excluding hydrogens is 204 g/mol. The Kier molecular flexibility index (Phi) is 3.82. The minimum atomic E-state index is -0.229. The third kappa shape index (κ3) is 2.95. The predicted molar refractivity (Wildman–Crippen MR) is 62.0 cm³/mol. The number of rotatable bonds is 2. The van der Waals surface area contributed by atoms with E-state index in [-0.39, 0.29) is 11.4 Å². The molecule has 2 fully saturated rings. The van der Waals surface area contributed by atoms with E-state index in [1.165, 1.54) is 19.3 Å². The lowest BCUT2D eigenvalue weighted by Gasteiger charge is -2.35. The summed E-state index contributed by atoms with van der Waals surface area (Å²) < 4.78 is 5.24. The van der Waals surface area contributed by atoms with Crippen molar-refractivity contribution in [2.24, 2.45) is 5.73 Å². The van der Waals surface area contributed by atoms with Crippen molar-refractivity contribution in [3.05, 3.63) is 0 Å². The monoisotopic (exact) mass is 226 g/mol. The zero-order valence-electron chi connectivity index (χ0n) is 9.91. The molecule has 2 aliphatic rings. The number of hydrogen-bond acceptors (Lipinski definition) is 3. The van der Waals surface area contributed by atoms with E-state index in [4.69, 9.17) is 10.5 Å². The molecule has 0 aromatic rings. The zero-order valence-corrected chi connectivity index (χ0v) is 9.91. The highest BCUT2D eigenvalue weighted by Gasteiger charge is 2.32. The van der Waals surface area contributed by atoms with Crippen molar-refractivity contribution in [1.82, 2.24) is 4.90 Å². The lowest BCUT2D eigenvalue weighted by atomic mass is 9.80. The van der Waals surface area contributed by atoms with Crippen molar-refractivity contribution < 1.29 is 9.53 Å². The van der Waals surface area contributed by atoms with Gasteiger partial charge in [0.2, 0.25) is 5.91 Å². The Balaban J connectivity index is 1.85. The van der Waals surface area contributed by atoms with Crippen LogP contribution in [0.25, 0.3) is 0 Å². The van der Waals surface area contributed by atoms with Crippen LogP contribution in [0.15, 0.2) is 0 Å². The summed E-state index contributed by atoms with van der Waals surface area (Å²) in [6.07, 6.45) is 6.14. The number of hydrogen-bond donors (Lipinski definition) is 1. The van der Waals surface area contributed by atoms with Crippen LogP contribution in [0.2, 0.25) is 0 Å². The first kappa shape index (κ1) is 11.9. The second-order valence-electron chi connectivity index (χ2n) is 5.09. The molecule has 0 radical (unpaired) electrons. The SMILES string of the molecule is NC1(CC(=O)N2CCOCC2)CCCCC1. The van der Waals surface area contributed by atoms with Crippen LogP contribution in [-0.4, -0.2) is 42.6 Å². The van der Waals surface area contributed by atoms with E-state index < -0.39 is 0 Å². The molecule has 2 N–H and O–H groups in total. The van der Waals surface area contributed by atoms with E-state index in [9.17, 15) is 4.79 Å². The summed E-state index contributed by atoms with van der Waals surface area (Å²) >= 11 is 0. The van der Waals surface area contributed by atoms with E-state index in [2.05, 4.69) is 0 Å². The van der Waals surface area contributed by atoms with Crippen LogP contribution < -0.4 is 5.73 Å². The van der Waals surface area contributed by atoms with Gasteiger partial charge in [0.25, 0.3) is 0 Å². The zero-order chi connectivity index (χ0) is 11.4. The summed E-state index contributed by atoms with van der Waals surface area (Å²) in [6, 6.07) is 0. The van der Waals surface area contributed by atoms with Gasteiger partial charge < -0.3 is 15.4 Å². The molecule has 4 heteroatoms. The Morgan fingerprint density at radius 2 is 1.81 bits per heavy atom. The fourth-order valence-electron chi connectivity index (χ4n) is 2.66. The lowest BCUT2D eigenvalue weighted by molar-refractivity contribution is -0.136. The van der Waals surface area contributed by atoms with Crippen molar-refractivity contribution in [1.29, 1.82) is 0 Å². The molecule has 4 nitrogen and oxygen atoms in total. The second kappa shape index (κ2) is 5.15. The third-order valence-corrected chi connectivity index (χ3v) is 3.72. The summed E-state index contributed by atoms with van der Waals surface area (Å²) in [6.45, 7) is 2.80. The van der Waals surface area contributed by atoms with Gasteiger partial charge in [0, 0.05) is 25.0 Å². The van der Waals surface area contributed by atoms with E-state index in [1.54, 1.807) is 0 Å². The topological polar surface area (TPSA) is 55.6 Å². The number of amides is 1. The Morgan fingerprint density at radius 1 is 1.19 bits per heavy atom. The summed E-state index contributed by atoms with van der Waals surface area (Å²) in [5.41, 5.74) is 6.06. The van der Waals surface area contributed by atoms with Crippen LogP contribution in [0.4, 0.5) is 0 Å². The van der Waals surface area contributed by atoms with Crippen molar-refractivity contribution in [3.8, 4) is 0 Å². The molecule has 92 valence electrons. The van der Waals surface area contributed by atoms with Gasteiger partial charge in [-0.3, -0.25) is 4.79 Å². The number of ether oxygens (including phenoxy) is 1. The molecule has 1 heterocycles. The second-order valence-corrected chi connectivity index (χ2v) is 5.09. The maximum atomic E-state index is 12.1. The molecule has 1 aliphatic heterocycles. The van der Waals surface area contributed by atoms with Crippen molar-refractivity contribution in [3.63, 3.8) is 0 Å². The van der Waals surface area contributed by atoms with Gasteiger partial charge in [0.15, 0.2) is 0 Å². The Bertz CT molecular complexity index is 243. The Labute approximate surface area is 97.1 Å². The number of carbonyl (C=O) groups is 1. The molecule has 0 aromatic carbocycles. The molecule has 0 aromatic heterocycles. The van der Waals surface area contributed by atoms with Crippen LogP contribution in [0, 0.1) is 0 Å². The molecule has 1 saturated carbocycles. The van der Waals surface area contributed by atoms with Gasteiger partial charge in [0.05, 0.1) is 13.2 Å². The van der Waals surface area contributed by atoms with Crippen LogP contribution in [0.1, 0.15) is 38.5 Å². The first-order valence-corrected chi connectivity index (χ1v) is 6.34. The van der Waals surface area contributed by atoms with Crippen LogP contribution >= 0.6 is 0 Å².